The van der Waals surface area contributed by atoms with Gasteiger partial charge in [-0.05, 0) is 32.4 Å². The van der Waals surface area contributed by atoms with E-state index in [4.69, 9.17) is 5.73 Å². The van der Waals surface area contributed by atoms with Gasteiger partial charge in [0.1, 0.15) is 0 Å². The number of likely N-dealkylation sites (N-methyl/N-ethyl adjacent to an activating group) is 1. The number of nitrogens with zero attached hydrogens (tertiary/aromatic N) is 1. The summed E-state index contributed by atoms with van der Waals surface area (Å²) in [6.45, 7) is 6.36. The molecular formula is C17H30N2. The maximum Gasteiger partial charge on any atom is 0.0300 e. The van der Waals surface area contributed by atoms with E-state index in [0.717, 1.165) is 19.5 Å². The molecular weight excluding hydrogens is 232 g/mol. The van der Waals surface area contributed by atoms with E-state index < -0.39 is 0 Å². The molecule has 2 N–H and O–H groups in total. The van der Waals surface area contributed by atoms with Crippen molar-refractivity contribution in [2.45, 2.75) is 51.5 Å². The average molecular weight is 262 g/mol. The summed E-state index contributed by atoms with van der Waals surface area (Å²) in [4.78, 5) is 2.44. The molecule has 0 aromatic heterocycles. The van der Waals surface area contributed by atoms with E-state index in [1.165, 1.54) is 31.2 Å². The molecule has 0 amide bonds. The fourth-order valence-electron chi connectivity index (χ4n) is 2.42. The first-order valence-corrected chi connectivity index (χ1v) is 7.57. The molecule has 2 nitrogen and oxygen atoms in total. The summed E-state index contributed by atoms with van der Waals surface area (Å²) in [6, 6.07) is 10.7. The normalized spacial score (nSPS) is 14.6. The van der Waals surface area contributed by atoms with Crippen molar-refractivity contribution in [2.75, 3.05) is 20.1 Å². The predicted molar refractivity (Wildman–Crippen MR) is 84.4 cm³/mol. The van der Waals surface area contributed by atoms with Crippen LogP contribution in [0.5, 0.6) is 0 Å². The first-order valence-electron chi connectivity index (χ1n) is 7.57. The maximum absolute atomic E-state index is 6.02. The molecule has 0 radical (unpaired) electrons. The van der Waals surface area contributed by atoms with Crippen LogP contribution in [0.2, 0.25) is 0 Å². The van der Waals surface area contributed by atoms with Crippen molar-refractivity contribution in [1.82, 2.24) is 4.90 Å². The molecule has 0 heterocycles. The maximum atomic E-state index is 6.02. The fourth-order valence-corrected chi connectivity index (χ4v) is 2.42. The highest BCUT2D eigenvalue weighted by Crippen LogP contribution is 2.20. The van der Waals surface area contributed by atoms with Gasteiger partial charge in [0, 0.05) is 18.6 Å². The third-order valence-electron chi connectivity index (χ3n) is 4.26. The molecule has 0 bridgehead atoms. The van der Waals surface area contributed by atoms with Crippen molar-refractivity contribution in [1.29, 1.82) is 0 Å². The van der Waals surface area contributed by atoms with E-state index in [2.05, 4.69) is 56.1 Å². The van der Waals surface area contributed by atoms with Crippen LogP contribution >= 0.6 is 0 Å². The molecule has 108 valence electrons. The molecule has 1 unspecified atom stereocenters. The molecule has 0 spiro atoms. The van der Waals surface area contributed by atoms with E-state index in [0.29, 0.717) is 0 Å². The SMILES string of the molecule is CCCCCC(C)(CN)N(C)CCc1ccccc1. The predicted octanol–water partition coefficient (Wildman–Crippen LogP) is 3.46. The minimum atomic E-state index is 0.143. The fraction of sp³-hybridized carbons (Fsp3) is 0.647. The molecule has 0 aliphatic carbocycles. The van der Waals surface area contributed by atoms with Crippen molar-refractivity contribution in [2.24, 2.45) is 5.73 Å². The largest absolute Gasteiger partial charge is 0.329 e. The van der Waals surface area contributed by atoms with Gasteiger partial charge in [-0.25, -0.2) is 0 Å². The molecule has 1 aromatic carbocycles. The Morgan fingerprint density at radius 3 is 2.42 bits per heavy atom. The van der Waals surface area contributed by atoms with Crippen molar-refractivity contribution in [3.8, 4) is 0 Å². The number of unbranched alkanes of at least 4 members (excludes halogenated alkanes) is 2. The van der Waals surface area contributed by atoms with Crippen LogP contribution in [0, 0.1) is 0 Å². The lowest BCUT2D eigenvalue weighted by molar-refractivity contribution is 0.132. The third kappa shape index (κ3) is 5.33. The highest BCUT2D eigenvalue weighted by molar-refractivity contribution is 5.15. The molecule has 19 heavy (non-hydrogen) atoms. The summed E-state index contributed by atoms with van der Waals surface area (Å²) < 4.78 is 0. The highest BCUT2D eigenvalue weighted by Gasteiger charge is 2.26. The van der Waals surface area contributed by atoms with Crippen molar-refractivity contribution in [3.63, 3.8) is 0 Å². The molecule has 0 saturated heterocycles. The minimum absolute atomic E-state index is 0.143. The lowest BCUT2D eigenvalue weighted by Gasteiger charge is -2.38. The van der Waals surface area contributed by atoms with Crippen molar-refractivity contribution < 1.29 is 0 Å². The van der Waals surface area contributed by atoms with Gasteiger partial charge in [0.15, 0.2) is 0 Å². The average Bonchev–Trinajstić information content (AvgIpc) is 2.45. The number of nitrogens with two attached hydrogens (primary N) is 1. The Labute approximate surface area is 119 Å². The smallest absolute Gasteiger partial charge is 0.0300 e. The Hall–Kier alpha value is -0.860. The first kappa shape index (κ1) is 16.2. The van der Waals surface area contributed by atoms with Gasteiger partial charge in [-0.15, -0.1) is 0 Å². The topological polar surface area (TPSA) is 29.3 Å². The monoisotopic (exact) mass is 262 g/mol. The summed E-state index contributed by atoms with van der Waals surface area (Å²) in [5.41, 5.74) is 7.57. The third-order valence-corrected chi connectivity index (χ3v) is 4.26. The van der Waals surface area contributed by atoms with Gasteiger partial charge in [0.25, 0.3) is 0 Å². The molecule has 0 saturated carbocycles. The minimum Gasteiger partial charge on any atom is -0.329 e. The Kier molecular flexibility index (Phi) is 7.11. The van der Waals surface area contributed by atoms with E-state index in [1.54, 1.807) is 0 Å². The van der Waals surface area contributed by atoms with E-state index in [9.17, 15) is 0 Å². The van der Waals surface area contributed by atoms with Crippen molar-refractivity contribution in [3.05, 3.63) is 35.9 Å². The van der Waals surface area contributed by atoms with Crippen LogP contribution in [0.3, 0.4) is 0 Å². The number of rotatable bonds is 9. The second-order valence-corrected chi connectivity index (χ2v) is 5.82. The summed E-state index contributed by atoms with van der Waals surface area (Å²) >= 11 is 0. The summed E-state index contributed by atoms with van der Waals surface area (Å²) in [5.74, 6) is 0. The van der Waals surface area contributed by atoms with Crippen LogP contribution in [-0.2, 0) is 6.42 Å². The lowest BCUT2D eigenvalue weighted by Crippen LogP contribution is -2.50. The highest BCUT2D eigenvalue weighted by atomic mass is 15.2. The van der Waals surface area contributed by atoms with Gasteiger partial charge in [-0.2, -0.15) is 0 Å². The van der Waals surface area contributed by atoms with Crippen LogP contribution < -0.4 is 5.73 Å². The van der Waals surface area contributed by atoms with Gasteiger partial charge < -0.3 is 5.73 Å². The second-order valence-electron chi connectivity index (χ2n) is 5.82. The summed E-state index contributed by atoms with van der Waals surface area (Å²) in [7, 11) is 2.21. The van der Waals surface area contributed by atoms with E-state index >= 15 is 0 Å². The van der Waals surface area contributed by atoms with Gasteiger partial charge in [0.05, 0.1) is 0 Å². The molecule has 0 aliphatic rings. The summed E-state index contributed by atoms with van der Waals surface area (Å²) in [6.07, 6.45) is 6.15. The molecule has 1 aromatic rings. The number of hydrogen-bond acceptors (Lipinski definition) is 2. The van der Waals surface area contributed by atoms with Crippen molar-refractivity contribution >= 4 is 0 Å². The van der Waals surface area contributed by atoms with Gasteiger partial charge in [-0.1, -0.05) is 56.5 Å². The van der Waals surface area contributed by atoms with Crippen LogP contribution in [0.25, 0.3) is 0 Å². The summed E-state index contributed by atoms with van der Waals surface area (Å²) in [5, 5.41) is 0. The second kappa shape index (κ2) is 8.34. The lowest BCUT2D eigenvalue weighted by atomic mass is 9.92. The molecule has 1 atom stereocenters. The first-order chi connectivity index (χ1) is 9.12. The Balaban J connectivity index is 2.46. The standard InChI is InChI=1S/C17H30N2/c1-4-5-9-13-17(2,15-18)19(3)14-12-16-10-7-6-8-11-16/h6-8,10-11H,4-5,9,12-15,18H2,1-3H3. The zero-order valence-corrected chi connectivity index (χ0v) is 12.9. The van der Waals surface area contributed by atoms with Gasteiger partial charge in [-0.3, -0.25) is 4.90 Å². The molecule has 1 rings (SSSR count). The van der Waals surface area contributed by atoms with E-state index in [1.807, 2.05) is 0 Å². The molecule has 0 fully saturated rings. The Morgan fingerprint density at radius 1 is 1.16 bits per heavy atom. The zero-order chi connectivity index (χ0) is 14.1. The Bertz CT molecular complexity index is 336. The van der Waals surface area contributed by atoms with Crippen LogP contribution in [0.4, 0.5) is 0 Å². The van der Waals surface area contributed by atoms with Crippen LogP contribution in [-0.4, -0.2) is 30.6 Å². The van der Waals surface area contributed by atoms with Gasteiger partial charge in [0.2, 0.25) is 0 Å². The molecule has 0 aliphatic heterocycles. The molecule has 2 heteroatoms. The quantitative estimate of drug-likeness (QED) is 0.691. The Morgan fingerprint density at radius 2 is 1.84 bits per heavy atom. The van der Waals surface area contributed by atoms with E-state index in [-0.39, 0.29) is 5.54 Å². The number of hydrogen-bond donors (Lipinski definition) is 1. The van der Waals surface area contributed by atoms with Crippen LogP contribution in [0.15, 0.2) is 30.3 Å². The number of benzene rings is 1. The zero-order valence-electron chi connectivity index (χ0n) is 12.9. The van der Waals surface area contributed by atoms with Gasteiger partial charge >= 0.3 is 0 Å². The van der Waals surface area contributed by atoms with Crippen LogP contribution in [0.1, 0.15) is 45.1 Å².